The molecule has 0 aliphatic heterocycles. The van der Waals surface area contributed by atoms with Gasteiger partial charge in [0.25, 0.3) is 0 Å². The summed E-state index contributed by atoms with van der Waals surface area (Å²) in [5.74, 6) is -0.770. The predicted octanol–water partition coefficient (Wildman–Crippen LogP) is 3.34. The van der Waals surface area contributed by atoms with Crippen LogP contribution in [0.1, 0.15) is 12.0 Å². The molecule has 2 rings (SSSR count). The first-order chi connectivity index (χ1) is 13.1. The fourth-order valence-corrected chi connectivity index (χ4v) is 2.38. The van der Waals surface area contributed by atoms with Crippen LogP contribution in [0, 0.1) is 0 Å². The summed E-state index contributed by atoms with van der Waals surface area (Å²) in [7, 11) is 2.47. The quantitative estimate of drug-likeness (QED) is 0.415. The van der Waals surface area contributed by atoms with Crippen molar-refractivity contribution in [2.45, 2.75) is 12.8 Å². The van der Waals surface area contributed by atoms with E-state index in [4.69, 9.17) is 9.47 Å². The van der Waals surface area contributed by atoms with Gasteiger partial charge in [0, 0.05) is 0 Å². The maximum Gasteiger partial charge on any atom is 0.354 e. The van der Waals surface area contributed by atoms with Gasteiger partial charge in [-0.25, -0.2) is 9.59 Å². The average molecular weight is 369 g/mol. The Morgan fingerprint density at radius 1 is 0.963 bits per heavy atom. The molecule has 0 aromatic heterocycles. The highest BCUT2D eigenvalue weighted by atomic mass is 16.5. The fourth-order valence-electron chi connectivity index (χ4n) is 2.38. The van der Waals surface area contributed by atoms with Crippen LogP contribution in [-0.4, -0.2) is 32.8 Å². The third kappa shape index (κ3) is 6.51. The van der Waals surface area contributed by atoms with Crippen LogP contribution < -0.4 is 10.1 Å². The maximum atomic E-state index is 11.9. The van der Waals surface area contributed by atoms with Crippen LogP contribution in [0.15, 0.2) is 66.4 Å². The Morgan fingerprint density at radius 3 is 2.37 bits per heavy atom. The molecule has 2 aromatic rings. The summed E-state index contributed by atoms with van der Waals surface area (Å²) in [5, 5.41) is 2.88. The molecule has 0 fully saturated rings. The minimum absolute atomic E-state index is 0.0373. The monoisotopic (exact) mass is 369 g/mol. The Morgan fingerprint density at radius 2 is 1.67 bits per heavy atom. The number of anilines is 1. The lowest BCUT2D eigenvalue weighted by molar-refractivity contribution is -0.138. The molecule has 0 amide bonds. The molecule has 0 bridgehead atoms. The molecule has 0 radical (unpaired) electrons. The van der Waals surface area contributed by atoms with Gasteiger partial charge in [0.15, 0.2) is 0 Å². The standard InChI is InChI=1S/C21H23NO5/c1-25-20(23)15-18(21(24)26-2)22-17-12-6-7-13-19(17)27-14-8-11-16-9-4-3-5-10-16/h3-7,9-10,12-13,15,22H,8,11,14H2,1-2H3/b18-15+. The van der Waals surface area contributed by atoms with Crippen molar-refractivity contribution in [1.29, 1.82) is 0 Å². The predicted molar refractivity (Wildman–Crippen MR) is 102 cm³/mol. The smallest absolute Gasteiger partial charge is 0.354 e. The van der Waals surface area contributed by atoms with E-state index in [-0.39, 0.29) is 5.70 Å². The molecule has 0 aliphatic rings. The van der Waals surface area contributed by atoms with Crippen LogP contribution in [0.5, 0.6) is 5.75 Å². The summed E-state index contributed by atoms with van der Waals surface area (Å²) in [6.07, 6.45) is 2.80. The molecule has 2 aromatic carbocycles. The highest BCUT2D eigenvalue weighted by molar-refractivity contribution is 5.99. The molecule has 0 saturated heterocycles. The number of hydrogen-bond donors (Lipinski definition) is 1. The van der Waals surface area contributed by atoms with Crippen molar-refractivity contribution >= 4 is 17.6 Å². The van der Waals surface area contributed by atoms with Crippen molar-refractivity contribution in [1.82, 2.24) is 0 Å². The number of ether oxygens (including phenoxy) is 3. The van der Waals surface area contributed by atoms with Crippen LogP contribution in [0.2, 0.25) is 0 Å². The third-order valence-corrected chi connectivity index (χ3v) is 3.74. The van der Waals surface area contributed by atoms with Crippen LogP contribution in [0.25, 0.3) is 0 Å². The number of benzene rings is 2. The van der Waals surface area contributed by atoms with Gasteiger partial charge in [-0.1, -0.05) is 42.5 Å². The normalized spacial score (nSPS) is 10.8. The summed E-state index contributed by atoms with van der Waals surface area (Å²) in [4.78, 5) is 23.4. The van der Waals surface area contributed by atoms with Gasteiger partial charge in [0.05, 0.1) is 32.6 Å². The van der Waals surface area contributed by atoms with E-state index >= 15 is 0 Å². The number of carbonyl (C=O) groups excluding carboxylic acids is 2. The Balaban J connectivity index is 2.02. The second-order valence-electron chi connectivity index (χ2n) is 5.63. The van der Waals surface area contributed by atoms with Gasteiger partial charge in [0.1, 0.15) is 11.4 Å². The number of carbonyl (C=O) groups is 2. The van der Waals surface area contributed by atoms with E-state index in [1.54, 1.807) is 18.2 Å². The molecule has 6 nitrogen and oxygen atoms in total. The largest absolute Gasteiger partial charge is 0.491 e. The molecule has 0 aliphatic carbocycles. The molecule has 6 heteroatoms. The topological polar surface area (TPSA) is 73.9 Å². The third-order valence-electron chi connectivity index (χ3n) is 3.74. The molecule has 142 valence electrons. The molecule has 0 heterocycles. The Kier molecular flexibility index (Phi) is 7.91. The lowest BCUT2D eigenvalue weighted by atomic mass is 10.1. The lowest BCUT2D eigenvalue weighted by Crippen LogP contribution is -2.16. The van der Waals surface area contributed by atoms with Gasteiger partial charge in [-0.3, -0.25) is 0 Å². The lowest BCUT2D eigenvalue weighted by Gasteiger charge is -2.14. The number of para-hydroxylation sites is 2. The first-order valence-electron chi connectivity index (χ1n) is 8.54. The summed E-state index contributed by atoms with van der Waals surface area (Å²) >= 11 is 0. The fraction of sp³-hybridized carbons (Fsp3) is 0.238. The van der Waals surface area contributed by atoms with Crippen molar-refractivity contribution in [3.63, 3.8) is 0 Å². The van der Waals surface area contributed by atoms with Gasteiger partial charge in [0.2, 0.25) is 0 Å². The van der Waals surface area contributed by atoms with E-state index in [2.05, 4.69) is 22.2 Å². The van der Waals surface area contributed by atoms with Gasteiger partial charge in [-0.05, 0) is 30.5 Å². The highest BCUT2D eigenvalue weighted by Crippen LogP contribution is 2.25. The number of hydrogen-bond acceptors (Lipinski definition) is 6. The van der Waals surface area contributed by atoms with Gasteiger partial charge >= 0.3 is 11.9 Å². The number of methoxy groups -OCH3 is 2. The zero-order valence-corrected chi connectivity index (χ0v) is 15.4. The van der Waals surface area contributed by atoms with Gasteiger partial charge in [-0.2, -0.15) is 0 Å². The Hall–Kier alpha value is -3.28. The van der Waals surface area contributed by atoms with E-state index in [9.17, 15) is 9.59 Å². The van der Waals surface area contributed by atoms with Gasteiger partial charge < -0.3 is 19.5 Å². The molecule has 0 unspecified atom stereocenters. The number of rotatable bonds is 9. The van der Waals surface area contributed by atoms with Crippen molar-refractivity contribution in [2.24, 2.45) is 0 Å². The van der Waals surface area contributed by atoms with Crippen LogP contribution in [-0.2, 0) is 25.5 Å². The zero-order chi connectivity index (χ0) is 19.5. The molecular weight excluding hydrogens is 346 g/mol. The molecule has 0 saturated carbocycles. The van der Waals surface area contributed by atoms with Crippen LogP contribution in [0.3, 0.4) is 0 Å². The number of aryl methyl sites for hydroxylation is 1. The molecule has 0 atom stereocenters. The Bertz CT molecular complexity index is 786. The van der Waals surface area contributed by atoms with Crippen molar-refractivity contribution in [3.8, 4) is 5.75 Å². The summed E-state index contributed by atoms with van der Waals surface area (Å²) in [6, 6.07) is 17.3. The van der Waals surface area contributed by atoms with E-state index in [0.29, 0.717) is 18.0 Å². The first-order valence-corrected chi connectivity index (χ1v) is 8.54. The van der Waals surface area contributed by atoms with E-state index in [1.807, 2.05) is 24.3 Å². The summed E-state index contributed by atoms with van der Waals surface area (Å²) < 4.78 is 15.1. The molecule has 0 spiro atoms. The minimum atomic E-state index is -0.681. The molecule has 27 heavy (non-hydrogen) atoms. The maximum absolute atomic E-state index is 11.9. The number of nitrogens with one attached hydrogen (secondary N) is 1. The van der Waals surface area contributed by atoms with Crippen LogP contribution >= 0.6 is 0 Å². The second-order valence-corrected chi connectivity index (χ2v) is 5.63. The minimum Gasteiger partial charge on any atom is -0.491 e. The Labute approximate surface area is 158 Å². The SMILES string of the molecule is COC(=O)/C=C(/Nc1ccccc1OCCCc1ccccc1)C(=O)OC. The van der Waals surface area contributed by atoms with Crippen molar-refractivity contribution in [2.75, 3.05) is 26.1 Å². The highest BCUT2D eigenvalue weighted by Gasteiger charge is 2.14. The second kappa shape index (κ2) is 10.7. The van der Waals surface area contributed by atoms with E-state index in [1.165, 1.54) is 19.8 Å². The van der Waals surface area contributed by atoms with Gasteiger partial charge in [-0.15, -0.1) is 0 Å². The van der Waals surface area contributed by atoms with Crippen molar-refractivity contribution in [3.05, 3.63) is 71.9 Å². The van der Waals surface area contributed by atoms with Crippen molar-refractivity contribution < 1.29 is 23.8 Å². The van der Waals surface area contributed by atoms with E-state index in [0.717, 1.165) is 18.9 Å². The summed E-state index contributed by atoms with van der Waals surface area (Å²) in [6.45, 7) is 0.516. The zero-order valence-electron chi connectivity index (χ0n) is 15.4. The average Bonchev–Trinajstić information content (AvgIpc) is 2.71. The summed E-state index contributed by atoms with van der Waals surface area (Å²) in [5.41, 5.74) is 1.77. The van der Waals surface area contributed by atoms with E-state index < -0.39 is 11.9 Å². The molecular formula is C21H23NO5. The number of esters is 2. The first kappa shape index (κ1) is 20.0. The van der Waals surface area contributed by atoms with Crippen LogP contribution in [0.4, 0.5) is 5.69 Å². The molecule has 1 N–H and O–H groups in total.